The van der Waals surface area contributed by atoms with Crippen LogP contribution >= 0.6 is 0 Å². The van der Waals surface area contributed by atoms with Gasteiger partial charge in [0.2, 0.25) is 0 Å². The topological polar surface area (TPSA) is 111 Å². The summed E-state index contributed by atoms with van der Waals surface area (Å²) in [6, 6.07) is 8.75. The molecule has 0 N–H and O–H groups in total. The first-order chi connectivity index (χ1) is 13.8. The molecule has 0 bridgehead atoms. The fourth-order valence-corrected chi connectivity index (χ4v) is 5.03. The molecule has 29 heavy (non-hydrogen) atoms. The minimum absolute atomic E-state index is 0.0344. The van der Waals surface area contributed by atoms with Crippen LogP contribution in [-0.4, -0.2) is 70.9 Å². The number of aryl methyl sites for hydroxylation is 1. The van der Waals surface area contributed by atoms with Gasteiger partial charge < -0.3 is 9.64 Å². The van der Waals surface area contributed by atoms with Crippen molar-refractivity contribution in [1.82, 2.24) is 19.9 Å². The number of carbonyl (C=O) groups is 2. The summed E-state index contributed by atoms with van der Waals surface area (Å²) in [5, 5.41) is 8.38. The molecule has 0 unspecified atom stereocenters. The van der Waals surface area contributed by atoms with E-state index in [9.17, 15) is 18.0 Å². The lowest BCUT2D eigenvalue weighted by Gasteiger charge is -2.27. The molecule has 1 aromatic heterocycles. The van der Waals surface area contributed by atoms with Crippen LogP contribution in [0, 0.1) is 6.92 Å². The molecule has 1 saturated heterocycles. The van der Waals surface area contributed by atoms with Crippen molar-refractivity contribution in [2.75, 3.05) is 24.7 Å². The fourth-order valence-electron chi connectivity index (χ4n) is 3.30. The van der Waals surface area contributed by atoms with Crippen molar-refractivity contribution in [3.05, 3.63) is 41.7 Å². The minimum Gasteiger partial charge on any atom is -0.451 e. The van der Waals surface area contributed by atoms with Gasteiger partial charge in [-0.25, -0.2) is 13.2 Å². The molecule has 0 radical (unpaired) electrons. The molecule has 1 aromatic carbocycles. The van der Waals surface area contributed by atoms with Crippen molar-refractivity contribution in [3.8, 4) is 5.69 Å². The third kappa shape index (κ3) is 5.00. The van der Waals surface area contributed by atoms with E-state index in [0.29, 0.717) is 30.8 Å². The zero-order chi connectivity index (χ0) is 21.0. The van der Waals surface area contributed by atoms with Crippen molar-refractivity contribution >= 4 is 21.7 Å². The molecule has 10 heteroatoms. The second-order valence-corrected chi connectivity index (χ2v) is 9.21. The van der Waals surface area contributed by atoms with Crippen LogP contribution in [0.2, 0.25) is 0 Å². The molecule has 3 rings (SSSR count). The summed E-state index contributed by atoms with van der Waals surface area (Å²) in [6.07, 6.45) is 1.09. The molecule has 2 aromatic rings. The lowest BCUT2D eigenvalue weighted by atomic mass is 10.2. The Balaban J connectivity index is 1.65. The molecular weight excluding hydrogens is 396 g/mol. The van der Waals surface area contributed by atoms with Gasteiger partial charge in [-0.2, -0.15) is 9.90 Å². The van der Waals surface area contributed by atoms with Gasteiger partial charge in [-0.1, -0.05) is 25.1 Å². The van der Waals surface area contributed by atoms with Gasteiger partial charge >= 0.3 is 5.97 Å². The van der Waals surface area contributed by atoms with Crippen LogP contribution in [0.25, 0.3) is 5.69 Å². The van der Waals surface area contributed by atoms with E-state index in [-0.39, 0.29) is 23.2 Å². The Labute approximate surface area is 169 Å². The Bertz CT molecular complexity index is 987. The maximum Gasteiger partial charge on any atom is 0.361 e. The van der Waals surface area contributed by atoms with E-state index in [1.165, 1.54) is 9.70 Å². The highest BCUT2D eigenvalue weighted by atomic mass is 32.2. The summed E-state index contributed by atoms with van der Waals surface area (Å²) in [5.41, 5.74) is 1.12. The molecule has 0 aliphatic carbocycles. The number of sulfone groups is 1. The molecule has 1 amide bonds. The Morgan fingerprint density at radius 2 is 1.97 bits per heavy atom. The number of carbonyl (C=O) groups excluding carboxylic acids is 2. The molecule has 2 heterocycles. The lowest BCUT2D eigenvalue weighted by molar-refractivity contribution is -0.136. The van der Waals surface area contributed by atoms with Crippen LogP contribution in [0.15, 0.2) is 30.3 Å². The summed E-state index contributed by atoms with van der Waals surface area (Å²) in [7, 11) is -3.12. The normalized spacial score (nSPS) is 17.8. The SMILES string of the molecule is CCCN(C(=O)COC(=O)c1nn(-c2ccccc2)nc1C)[C@@H]1CCS(=O)(=O)C1. The van der Waals surface area contributed by atoms with Gasteiger partial charge in [0, 0.05) is 12.6 Å². The lowest BCUT2D eigenvalue weighted by Crippen LogP contribution is -2.43. The van der Waals surface area contributed by atoms with E-state index in [1.807, 2.05) is 25.1 Å². The summed E-state index contributed by atoms with van der Waals surface area (Å²) in [5.74, 6) is -1.12. The standard InChI is InChI=1S/C19H24N4O5S/c1-3-10-22(16-9-11-29(26,27)13-16)17(24)12-28-19(25)18-14(2)20-23(21-18)15-7-5-4-6-8-15/h4-8,16H,3,9-13H2,1-2H3/t16-/m1/s1. The number of esters is 1. The number of hydrogen-bond acceptors (Lipinski definition) is 7. The van der Waals surface area contributed by atoms with Crippen molar-refractivity contribution in [1.29, 1.82) is 0 Å². The maximum atomic E-state index is 12.6. The number of hydrogen-bond donors (Lipinski definition) is 0. The third-order valence-corrected chi connectivity index (χ3v) is 6.47. The molecule has 0 saturated carbocycles. The minimum atomic E-state index is -3.12. The van der Waals surface area contributed by atoms with Gasteiger partial charge in [0.1, 0.15) is 0 Å². The highest BCUT2D eigenvalue weighted by Crippen LogP contribution is 2.18. The van der Waals surface area contributed by atoms with E-state index in [2.05, 4.69) is 10.2 Å². The number of ether oxygens (including phenoxy) is 1. The summed E-state index contributed by atoms with van der Waals surface area (Å²) in [4.78, 5) is 27.8. The van der Waals surface area contributed by atoms with E-state index in [4.69, 9.17) is 4.74 Å². The zero-order valence-corrected chi connectivity index (χ0v) is 17.3. The first-order valence-electron chi connectivity index (χ1n) is 9.47. The Morgan fingerprint density at radius 1 is 1.24 bits per heavy atom. The Morgan fingerprint density at radius 3 is 2.59 bits per heavy atom. The number of benzene rings is 1. The third-order valence-electron chi connectivity index (χ3n) is 4.72. The van der Waals surface area contributed by atoms with E-state index in [1.54, 1.807) is 19.1 Å². The Hall–Kier alpha value is -2.75. The second kappa shape index (κ2) is 8.73. The van der Waals surface area contributed by atoms with Crippen molar-refractivity contribution in [2.45, 2.75) is 32.7 Å². The van der Waals surface area contributed by atoms with E-state index in [0.717, 1.165) is 0 Å². The molecule has 1 aliphatic rings. The van der Waals surface area contributed by atoms with Gasteiger partial charge in [0.25, 0.3) is 5.91 Å². The van der Waals surface area contributed by atoms with Crippen molar-refractivity contribution in [2.24, 2.45) is 0 Å². The predicted octanol–water partition coefficient (Wildman–Crippen LogP) is 1.16. The highest BCUT2D eigenvalue weighted by Gasteiger charge is 2.34. The largest absolute Gasteiger partial charge is 0.451 e. The van der Waals surface area contributed by atoms with Gasteiger partial charge in [0.15, 0.2) is 22.1 Å². The van der Waals surface area contributed by atoms with Crippen molar-refractivity contribution in [3.63, 3.8) is 0 Å². The maximum absolute atomic E-state index is 12.6. The molecule has 156 valence electrons. The number of aromatic nitrogens is 3. The number of para-hydroxylation sites is 1. The van der Waals surface area contributed by atoms with Crippen LogP contribution in [0.4, 0.5) is 0 Å². The molecule has 0 spiro atoms. The van der Waals surface area contributed by atoms with Crippen LogP contribution in [0.3, 0.4) is 0 Å². The number of nitrogens with zero attached hydrogens (tertiary/aromatic N) is 4. The summed E-state index contributed by atoms with van der Waals surface area (Å²) in [6.45, 7) is 3.49. The van der Waals surface area contributed by atoms with Crippen LogP contribution in [-0.2, 0) is 19.4 Å². The monoisotopic (exact) mass is 420 g/mol. The highest BCUT2D eigenvalue weighted by molar-refractivity contribution is 7.91. The number of rotatable bonds is 7. The quantitative estimate of drug-likeness (QED) is 0.618. The fraction of sp³-hybridized carbons (Fsp3) is 0.474. The van der Waals surface area contributed by atoms with Gasteiger partial charge in [-0.15, -0.1) is 5.10 Å². The summed E-state index contributed by atoms with van der Waals surface area (Å²) >= 11 is 0. The smallest absolute Gasteiger partial charge is 0.361 e. The zero-order valence-electron chi connectivity index (χ0n) is 16.4. The molecule has 1 fully saturated rings. The number of amides is 1. The first kappa shape index (κ1) is 21.0. The van der Waals surface area contributed by atoms with E-state index < -0.39 is 28.3 Å². The second-order valence-electron chi connectivity index (χ2n) is 6.98. The average molecular weight is 420 g/mol. The van der Waals surface area contributed by atoms with Gasteiger partial charge in [0.05, 0.1) is 22.9 Å². The predicted molar refractivity (Wildman–Crippen MR) is 105 cm³/mol. The molecule has 1 aliphatic heterocycles. The Kier molecular flexibility index (Phi) is 6.31. The van der Waals surface area contributed by atoms with Gasteiger partial charge in [-0.3, -0.25) is 4.79 Å². The van der Waals surface area contributed by atoms with Crippen LogP contribution in [0.1, 0.15) is 35.9 Å². The van der Waals surface area contributed by atoms with Crippen LogP contribution < -0.4 is 0 Å². The van der Waals surface area contributed by atoms with Crippen molar-refractivity contribution < 1.29 is 22.7 Å². The molecular formula is C19H24N4O5S. The first-order valence-corrected chi connectivity index (χ1v) is 11.3. The molecule has 1 atom stereocenters. The summed E-state index contributed by atoms with van der Waals surface area (Å²) < 4.78 is 28.6. The average Bonchev–Trinajstić information content (AvgIpc) is 3.26. The van der Waals surface area contributed by atoms with E-state index >= 15 is 0 Å². The van der Waals surface area contributed by atoms with Gasteiger partial charge in [-0.05, 0) is 31.9 Å². The molecule has 9 nitrogen and oxygen atoms in total. The van der Waals surface area contributed by atoms with Crippen LogP contribution in [0.5, 0.6) is 0 Å².